The standard InChI is InChI=1S/C17H25N3O4/c1-9-14(10(2)24-19-9)15(21)18-8-12-6-11-7-13(11)20(12)16(22)23-17(3,4)5/h11-13H,6-8H2,1-5H3,(H,18,21). The summed E-state index contributed by atoms with van der Waals surface area (Å²) in [6.07, 6.45) is 1.66. The van der Waals surface area contributed by atoms with Crippen LogP contribution in [0.5, 0.6) is 0 Å². The number of carbonyl (C=O) groups excluding carboxylic acids is 2. The van der Waals surface area contributed by atoms with Gasteiger partial charge in [-0.1, -0.05) is 5.16 Å². The summed E-state index contributed by atoms with van der Waals surface area (Å²) in [6, 6.07) is 0.244. The highest BCUT2D eigenvalue weighted by Crippen LogP contribution is 2.48. The number of aromatic nitrogens is 1. The van der Waals surface area contributed by atoms with Crippen LogP contribution >= 0.6 is 0 Å². The van der Waals surface area contributed by atoms with E-state index in [0.29, 0.717) is 29.5 Å². The van der Waals surface area contributed by atoms with Crippen molar-refractivity contribution in [2.75, 3.05) is 6.54 Å². The van der Waals surface area contributed by atoms with Crippen LogP contribution in [0, 0.1) is 19.8 Å². The van der Waals surface area contributed by atoms with Crippen molar-refractivity contribution < 1.29 is 18.8 Å². The molecule has 7 heteroatoms. The van der Waals surface area contributed by atoms with E-state index >= 15 is 0 Å². The molecule has 1 aromatic rings. The minimum Gasteiger partial charge on any atom is -0.444 e. The number of ether oxygens (including phenoxy) is 1. The summed E-state index contributed by atoms with van der Waals surface area (Å²) in [5, 5.41) is 6.71. The largest absolute Gasteiger partial charge is 0.444 e. The zero-order valence-electron chi connectivity index (χ0n) is 14.9. The van der Waals surface area contributed by atoms with E-state index in [9.17, 15) is 9.59 Å². The van der Waals surface area contributed by atoms with E-state index < -0.39 is 5.60 Å². The van der Waals surface area contributed by atoms with Gasteiger partial charge in [0.1, 0.15) is 16.9 Å². The van der Waals surface area contributed by atoms with Crippen LogP contribution in [0.3, 0.4) is 0 Å². The summed E-state index contributed by atoms with van der Waals surface area (Å²) in [5.41, 5.74) is 0.527. The van der Waals surface area contributed by atoms with Gasteiger partial charge in [-0.3, -0.25) is 4.79 Å². The van der Waals surface area contributed by atoms with Crippen LogP contribution in [0.25, 0.3) is 0 Å². The Kier molecular flexibility index (Phi) is 4.05. The van der Waals surface area contributed by atoms with Crippen molar-refractivity contribution in [2.45, 2.75) is 65.1 Å². The molecule has 2 aliphatic rings. The van der Waals surface area contributed by atoms with Crippen molar-refractivity contribution in [1.29, 1.82) is 0 Å². The van der Waals surface area contributed by atoms with Gasteiger partial charge in [-0.15, -0.1) is 0 Å². The first kappa shape index (κ1) is 16.8. The quantitative estimate of drug-likeness (QED) is 0.917. The van der Waals surface area contributed by atoms with Gasteiger partial charge in [0.2, 0.25) is 0 Å². The summed E-state index contributed by atoms with van der Waals surface area (Å²) in [4.78, 5) is 26.6. The Morgan fingerprint density at radius 2 is 2.04 bits per heavy atom. The second-order valence-corrected chi connectivity index (χ2v) is 7.75. The summed E-state index contributed by atoms with van der Waals surface area (Å²) in [6.45, 7) is 9.45. The smallest absolute Gasteiger partial charge is 0.410 e. The molecule has 3 unspecified atom stereocenters. The first-order valence-electron chi connectivity index (χ1n) is 8.39. The first-order valence-corrected chi connectivity index (χ1v) is 8.39. The maximum atomic E-state index is 12.5. The highest BCUT2D eigenvalue weighted by Gasteiger charge is 2.54. The molecular weight excluding hydrogens is 310 g/mol. The van der Waals surface area contributed by atoms with Crippen molar-refractivity contribution in [3.8, 4) is 0 Å². The van der Waals surface area contributed by atoms with Crippen LogP contribution in [0.1, 0.15) is 55.4 Å². The number of hydrogen-bond acceptors (Lipinski definition) is 5. The number of amides is 2. The van der Waals surface area contributed by atoms with E-state index in [0.717, 1.165) is 12.8 Å². The van der Waals surface area contributed by atoms with E-state index in [-0.39, 0.29) is 24.1 Å². The number of piperidine rings is 1. The second-order valence-electron chi connectivity index (χ2n) is 7.75. The molecule has 3 rings (SSSR count). The van der Waals surface area contributed by atoms with E-state index in [1.165, 1.54) is 0 Å². The number of nitrogens with one attached hydrogen (secondary N) is 1. The van der Waals surface area contributed by atoms with Crippen molar-refractivity contribution in [2.24, 2.45) is 5.92 Å². The SMILES string of the molecule is Cc1noc(C)c1C(=O)NCC1CC2CC2N1C(=O)OC(C)(C)C. The number of nitrogens with zero attached hydrogens (tertiary/aromatic N) is 2. The normalized spacial score (nSPS) is 25.4. The molecule has 1 aliphatic carbocycles. The minimum absolute atomic E-state index is 0.0203. The topological polar surface area (TPSA) is 84.7 Å². The molecule has 2 fully saturated rings. The van der Waals surface area contributed by atoms with Gasteiger partial charge in [-0.05, 0) is 53.4 Å². The molecular formula is C17H25N3O4. The van der Waals surface area contributed by atoms with Gasteiger partial charge < -0.3 is 19.5 Å². The van der Waals surface area contributed by atoms with Crippen LogP contribution in [0.15, 0.2) is 4.52 Å². The Morgan fingerprint density at radius 1 is 1.33 bits per heavy atom. The molecule has 0 bridgehead atoms. The van der Waals surface area contributed by atoms with Crippen LogP contribution in [0.2, 0.25) is 0 Å². The summed E-state index contributed by atoms with van der Waals surface area (Å²) in [7, 11) is 0. The predicted octanol–water partition coefficient (Wildman–Crippen LogP) is 2.42. The fraction of sp³-hybridized carbons (Fsp3) is 0.706. The highest BCUT2D eigenvalue weighted by molar-refractivity contribution is 5.96. The van der Waals surface area contributed by atoms with Gasteiger partial charge in [0, 0.05) is 12.6 Å². The molecule has 1 saturated heterocycles. The average molecular weight is 335 g/mol. The first-order chi connectivity index (χ1) is 11.2. The maximum absolute atomic E-state index is 12.5. The van der Waals surface area contributed by atoms with E-state index in [2.05, 4.69) is 10.5 Å². The van der Waals surface area contributed by atoms with Gasteiger partial charge >= 0.3 is 6.09 Å². The van der Waals surface area contributed by atoms with Gasteiger partial charge in [0.05, 0.1) is 11.7 Å². The lowest BCUT2D eigenvalue weighted by Crippen LogP contribution is -2.47. The Balaban J connectivity index is 1.62. The number of carbonyl (C=O) groups is 2. The van der Waals surface area contributed by atoms with Crippen LogP contribution < -0.4 is 5.32 Å². The Bertz CT molecular complexity index is 642. The van der Waals surface area contributed by atoms with Crippen LogP contribution in [-0.2, 0) is 4.74 Å². The maximum Gasteiger partial charge on any atom is 0.410 e. The van der Waals surface area contributed by atoms with Gasteiger partial charge in [-0.25, -0.2) is 4.79 Å². The molecule has 0 spiro atoms. The van der Waals surface area contributed by atoms with Crippen molar-refractivity contribution >= 4 is 12.0 Å². The average Bonchev–Trinajstić information content (AvgIpc) is 2.98. The predicted molar refractivity (Wildman–Crippen MR) is 86.7 cm³/mol. The minimum atomic E-state index is -0.519. The Hall–Kier alpha value is -2.05. The summed E-state index contributed by atoms with van der Waals surface area (Å²) < 4.78 is 10.5. The zero-order chi connectivity index (χ0) is 17.6. The number of likely N-dealkylation sites (tertiary alicyclic amines) is 1. The molecule has 2 heterocycles. The van der Waals surface area contributed by atoms with E-state index in [4.69, 9.17) is 9.26 Å². The molecule has 1 aliphatic heterocycles. The zero-order valence-corrected chi connectivity index (χ0v) is 14.9. The summed E-state index contributed by atoms with van der Waals surface area (Å²) >= 11 is 0. The molecule has 0 aromatic carbocycles. The molecule has 3 atom stereocenters. The number of aryl methyl sites for hydroxylation is 2. The van der Waals surface area contributed by atoms with Crippen LogP contribution in [0.4, 0.5) is 4.79 Å². The third kappa shape index (κ3) is 3.25. The third-order valence-electron chi connectivity index (χ3n) is 4.57. The fourth-order valence-electron chi connectivity index (χ4n) is 3.45. The second kappa shape index (κ2) is 5.79. The molecule has 24 heavy (non-hydrogen) atoms. The Morgan fingerprint density at radius 3 is 2.62 bits per heavy atom. The molecule has 1 aromatic heterocycles. The lowest BCUT2D eigenvalue weighted by molar-refractivity contribution is 0.0183. The molecule has 2 amide bonds. The molecule has 1 saturated carbocycles. The number of fused-ring (bicyclic) bond motifs is 1. The molecule has 132 valence electrons. The summed E-state index contributed by atoms with van der Waals surface area (Å²) in [5.74, 6) is 0.831. The molecule has 1 N–H and O–H groups in total. The fourth-order valence-corrected chi connectivity index (χ4v) is 3.45. The van der Waals surface area contributed by atoms with Gasteiger partial charge in [-0.2, -0.15) is 0 Å². The van der Waals surface area contributed by atoms with E-state index in [1.54, 1.807) is 13.8 Å². The number of rotatable bonds is 3. The van der Waals surface area contributed by atoms with Crippen molar-refractivity contribution in [1.82, 2.24) is 15.4 Å². The van der Waals surface area contributed by atoms with Gasteiger partial charge in [0.25, 0.3) is 5.91 Å². The monoisotopic (exact) mass is 335 g/mol. The van der Waals surface area contributed by atoms with Crippen molar-refractivity contribution in [3.63, 3.8) is 0 Å². The lowest BCUT2D eigenvalue weighted by Gasteiger charge is -2.30. The van der Waals surface area contributed by atoms with Crippen LogP contribution in [-0.4, -0.2) is 46.3 Å². The lowest BCUT2D eigenvalue weighted by atomic mass is 10.1. The third-order valence-corrected chi connectivity index (χ3v) is 4.57. The van der Waals surface area contributed by atoms with E-state index in [1.807, 2.05) is 25.7 Å². The van der Waals surface area contributed by atoms with Gasteiger partial charge in [0.15, 0.2) is 0 Å². The molecule has 7 nitrogen and oxygen atoms in total. The highest BCUT2D eigenvalue weighted by atomic mass is 16.6. The van der Waals surface area contributed by atoms with Crippen molar-refractivity contribution in [3.05, 3.63) is 17.0 Å². The molecule has 0 radical (unpaired) electrons. The number of hydrogen-bond donors (Lipinski definition) is 1. The Labute approximate surface area is 141 Å².